The van der Waals surface area contributed by atoms with Crippen molar-refractivity contribution in [1.29, 1.82) is 0 Å². The van der Waals surface area contributed by atoms with E-state index >= 15 is 0 Å². The summed E-state index contributed by atoms with van der Waals surface area (Å²) in [6, 6.07) is 2.33. The van der Waals surface area contributed by atoms with Crippen LogP contribution in [0.15, 0.2) is 12.1 Å². The standard InChI is InChI=1S/C13H14F2O3/c1-18-10-5-4-9(14)12(13(10)15)8(6-11(16)17)7-2-3-7/h4-5,7-8H,2-3,6H2,1H3,(H,16,17). The molecule has 5 heteroatoms. The molecular weight excluding hydrogens is 242 g/mol. The normalized spacial score (nSPS) is 16.4. The molecule has 1 fully saturated rings. The van der Waals surface area contributed by atoms with Gasteiger partial charge in [-0.2, -0.15) is 0 Å². The van der Waals surface area contributed by atoms with Gasteiger partial charge in [0, 0.05) is 11.5 Å². The van der Waals surface area contributed by atoms with E-state index in [9.17, 15) is 13.6 Å². The fourth-order valence-corrected chi connectivity index (χ4v) is 2.24. The van der Waals surface area contributed by atoms with Crippen LogP contribution >= 0.6 is 0 Å². The number of halogens is 2. The Morgan fingerprint density at radius 3 is 2.67 bits per heavy atom. The van der Waals surface area contributed by atoms with Crippen LogP contribution < -0.4 is 4.74 Å². The number of rotatable bonds is 5. The van der Waals surface area contributed by atoms with Crippen molar-refractivity contribution in [1.82, 2.24) is 0 Å². The van der Waals surface area contributed by atoms with E-state index < -0.39 is 23.5 Å². The lowest BCUT2D eigenvalue weighted by Crippen LogP contribution is -2.12. The van der Waals surface area contributed by atoms with Crippen LogP contribution in [0.2, 0.25) is 0 Å². The minimum Gasteiger partial charge on any atom is -0.494 e. The van der Waals surface area contributed by atoms with Crippen molar-refractivity contribution in [2.24, 2.45) is 5.92 Å². The SMILES string of the molecule is COc1ccc(F)c(C(CC(=O)O)C2CC2)c1F. The monoisotopic (exact) mass is 256 g/mol. The lowest BCUT2D eigenvalue weighted by molar-refractivity contribution is -0.137. The van der Waals surface area contributed by atoms with Crippen molar-refractivity contribution >= 4 is 5.97 Å². The second kappa shape index (κ2) is 4.92. The summed E-state index contributed by atoms with van der Waals surface area (Å²) in [6.07, 6.45) is 1.37. The second-order valence-corrected chi connectivity index (χ2v) is 4.52. The predicted molar refractivity (Wildman–Crippen MR) is 60.6 cm³/mol. The molecule has 1 N–H and O–H groups in total. The zero-order chi connectivity index (χ0) is 13.3. The summed E-state index contributed by atoms with van der Waals surface area (Å²) < 4.78 is 32.6. The number of methoxy groups -OCH3 is 1. The van der Waals surface area contributed by atoms with Crippen molar-refractivity contribution < 1.29 is 23.4 Å². The highest BCUT2D eigenvalue weighted by atomic mass is 19.1. The molecule has 98 valence electrons. The molecule has 1 atom stereocenters. The van der Waals surface area contributed by atoms with Crippen LogP contribution in [0, 0.1) is 17.6 Å². The molecule has 1 aliphatic rings. The summed E-state index contributed by atoms with van der Waals surface area (Å²) in [5.41, 5.74) is -0.153. The van der Waals surface area contributed by atoms with Crippen LogP contribution in [0.1, 0.15) is 30.7 Å². The van der Waals surface area contributed by atoms with Gasteiger partial charge in [0.2, 0.25) is 0 Å². The summed E-state index contributed by atoms with van der Waals surface area (Å²) in [5.74, 6) is -3.15. The fourth-order valence-electron chi connectivity index (χ4n) is 2.24. The quantitative estimate of drug-likeness (QED) is 0.881. The molecule has 1 aromatic carbocycles. The first kappa shape index (κ1) is 12.8. The Bertz CT molecular complexity index is 470. The molecule has 0 bridgehead atoms. The topological polar surface area (TPSA) is 46.5 Å². The minimum atomic E-state index is -1.05. The number of carbonyl (C=O) groups is 1. The highest BCUT2D eigenvalue weighted by Crippen LogP contribution is 2.46. The lowest BCUT2D eigenvalue weighted by atomic mass is 9.90. The Morgan fingerprint density at radius 1 is 1.50 bits per heavy atom. The van der Waals surface area contributed by atoms with Crippen molar-refractivity contribution in [3.8, 4) is 5.75 Å². The first-order valence-electron chi connectivity index (χ1n) is 5.78. The van der Waals surface area contributed by atoms with Gasteiger partial charge in [0.15, 0.2) is 11.6 Å². The number of aliphatic carboxylic acids is 1. The first-order chi connectivity index (χ1) is 8.54. The van der Waals surface area contributed by atoms with Crippen LogP contribution in [0.5, 0.6) is 5.75 Å². The molecule has 0 spiro atoms. The summed E-state index contributed by atoms with van der Waals surface area (Å²) in [7, 11) is 1.30. The van der Waals surface area contributed by atoms with Crippen LogP contribution in [0.4, 0.5) is 8.78 Å². The highest BCUT2D eigenvalue weighted by molar-refractivity contribution is 5.68. The average Bonchev–Trinajstić information content (AvgIpc) is 3.11. The number of benzene rings is 1. The Kier molecular flexibility index (Phi) is 3.50. The van der Waals surface area contributed by atoms with Crippen LogP contribution in [-0.4, -0.2) is 18.2 Å². The third kappa shape index (κ3) is 2.44. The van der Waals surface area contributed by atoms with Crippen molar-refractivity contribution in [2.45, 2.75) is 25.2 Å². The molecule has 0 saturated heterocycles. The molecule has 1 aromatic rings. The van der Waals surface area contributed by atoms with E-state index in [1.807, 2.05) is 0 Å². The van der Waals surface area contributed by atoms with Crippen LogP contribution in [0.25, 0.3) is 0 Å². The van der Waals surface area contributed by atoms with E-state index in [1.54, 1.807) is 0 Å². The van der Waals surface area contributed by atoms with E-state index in [1.165, 1.54) is 13.2 Å². The molecule has 1 saturated carbocycles. The maximum absolute atomic E-state index is 14.1. The summed E-state index contributed by atoms with van der Waals surface area (Å²) >= 11 is 0. The summed E-state index contributed by atoms with van der Waals surface area (Å²) in [5, 5.41) is 8.85. The highest BCUT2D eigenvalue weighted by Gasteiger charge is 2.37. The molecule has 0 heterocycles. The molecule has 0 radical (unpaired) electrons. The lowest BCUT2D eigenvalue weighted by Gasteiger charge is -2.17. The van der Waals surface area contributed by atoms with Gasteiger partial charge in [-0.15, -0.1) is 0 Å². The molecule has 18 heavy (non-hydrogen) atoms. The number of hydrogen-bond acceptors (Lipinski definition) is 2. The Hall–Kier alpha value is -1.65. The number of ether oxygens (including phenoxy) is 1. The van der Waals surface area contributed by atoms with E-state index in [4.69, 9.17) is 9.84 Å². The Morgan fingerprint density at radius 2 is 2.17 bits per heavy atom. The summed E-state index contributed by atoms with van der Waals surface area (Å²) in [4.78, 5) is 10.8. The molecule has 1 unspecified atom stereocenters. The van der Waals surface area contributed by atoms with Crippen molar-refractivity contribution in [3.63, 3.8) is 0 Å². The van der Waals surface area contributed by atoms with Crippen molar-refractivity contribution in [3.05, 3.63) is 29.3 Å². The van der Waals surface area contributed by atoms with Gasteiger partial charge in [-0.05, 0) is 30.9 Å². The smallest absolute Gasteiger partial charge is 0.303 e. The number of hydrogen-bond donors (Lipinski definition) is 1. The van der Waals surface area contributed by atoms with Gasteiger partial charge in [-0.3, -0.25) is 4.79 Å². The Balaban J connectivity index is 2.42. The predicted octanol–water partition coefficient (Wildman–Crippen LogP) is 2.94. The molecule has 0 aliphatic heterocycles. The van der Waals surface area contributed by atoms with Gasteiger partial charge in [0.05, 0.1) is 13.5 Å². The fraction of sp³-hybridized carbons (Fsp3) is 0.462. The molecule has 0 amide bonds. The molecule has 1 aliphatic carbocycles. The van der Waals surface area contributed by atoms with E-state index in [-0.39, 0.29) is 23.7 Å². The van der Waals surface area contributed by atoms with Gasteiger partial charge >= 0.3 is 5.97 Å². The van der Waals surface area contributed by atoms with Gasteiger partial charge in [0.25, 0.3) is 0 Å². The third-order valence-electron chi connectivity index (χ3n) is 3.27. The van der Waals surface area contributed by atoms with Crippen LogP contribution in [0.3, 0.4) is 0 Å². The second-order valence-electron chi connectivity index (χ2n) is 4.52. The zero-order valence-electron chi connectivity index (χ0n) is 9.95. The zero-order valence-corrected chi connectivity index (χ0v) is 9.95. The van der Waals surface area contributed by atoms with Gasteiger partial charge in [-0.1, -0.05) is 0 Å². The van der Waals surface area contributed by atoms with Crippen molar-refractivity contribution in [2.75, 3.05) is 7.11 Å². The molecule has 2 rings (SSSR count). The summed E-state index contributed by atoms with van der Waals surface area (Å²) in [6.45, 7) is 0. The Labute approximate surface area is 103 Å². The number of carboxylic acid groups (broad SMARTS) is 1. The number of carboxylic acids is 1. The van der Waals surface area contributed by atoms with E-state index in [2.05, 4.69) is 0 Å². The maximum Gasteiger partial charge on any atom is 0.303 e. The minimum absolute atomic E-state index is 0.0530. The third-order valence-corrected chi connectivity index (χ3v) is 3.27. The van der Waals surface area contributed by atoms with Gasteiger partial charge in [-0.25, -0.2) is 8.78 Å². The molecule has 3 nitrogen and oxygen atoms in total. The average molecular weight is 256 g/mol. The van der Waals surface area contributed by atoms with Crippen LogP contribution in [-0.2, 0) is 4.79 Å². The molecular formula is C13H14F2O3. The van der Waals surface area contributed by atoms with Gasteiger partial charge in [0.1, 0.15) is 5.82 Å². The largest absolute Gasteiger partial charge is 0.494 e. The maximum atomic E-state index is 14.1. The van der Waals surface area contributed by atoms with Gasteiger partial charge < -0.3 is 9.84 Å². The first-order valence-corrected chi connectivity index (χ1v) is 5.78. The molecule has 0 aromatic heterocycles. The van der Waals surface area contributed by atoms with E-state index in [0.29, 0.717) is 0 Å². The van der Waals surface area contributed by atoms with E-state index in [0.717, 1.165) is 18.9 Å².